The molecule has 2 aromatic rings. The van der Waals surface area contributed by atoms with Gasteiger partial charge in [-0.1, -0.05) is 42.0 Å². The number of hydrogen-bond acceptors (Lipinski definition) is 6. The van der Waals surface area contributed by atoms with Gasteiger partial charge in [0.15, 0.2) is 0 Å². The van der Waals surface area contributed by atoms with Crippen molar-refractivity contribution >= 4 is 29.5 Å². The van der Waals surface area contributed by atoms with Crippen molar-refractivity contribution in [2.45, 2.75) is 72.1 Å². The fraction of sp³-hybridized carbons (Fsp3) is 0.414. The van der Waals surface area contributed by atoms with Crippen LogP contribution in [0.1, 0.15) is 61.9 Å². The predicted octanol–water partition coefficient (Wildman–Crippen LogP) is 3.80. The first-order valence-electron chi connectivity index (χ1n) is 12.6. The van der Waals surface area contributed by atoms with E-state index in [1.165, 1.54) is 0 Å². The highest BCUT2D eigenvalue weighted by Gasteiger charge is 2.37. The normalized spacial score (nSPS) is 12.4. The number of benzene rings is 2. The highest BCUT2D eigenvalue weighted by molar-refractivity contribution is 5.99. The number of nitrogens with two attached hydrogens (primary N) is 1. The minimum absolute atomic E-state index is 0.145. The van der Waals surface area contributed by atoms with Gasteiger partial charge in [0.2, 0.25) is 11.8 Å². The first-order chi connectivity index (χ1) is 18.2. The Hall–Kier alpha value is -4.39. The Kier molecular flexibility index (Phi) is 10.6. The third-order valence-electron chi connectivity index (χ3n) is 5.88. The molecular weight excluding hydrogens is 498 g/mol. The lowest BCUT2D eigenvalue weighted by Crippen LogP contribution is -2.52. The molecule has 4 amide bonds. The van der Waals surface area contributed by atoms with Gasteiger partial charge in [-0.25, -0.2) is 4.79 Å². The number of ether oxygens (including phenoxy) is 1. The van der Waals surface area contributed by atoms with Crippen molar-refractivity contribution in [1.29, 1.82) is 5.26 Å². The molecule has 2 aromatic carbocycles. The summed E-state index contributed by atoms with van der Waals surface area (Å²) in [7, 11) is 0. The third kappa shape index (κ3) is 9.14. The van der Waals surface area contributed by atoms with Crippen LogP contribution in [0.2, 0.25) is 0 Å². The third-order valence-corrected chi connectivity index (χ3v) is 5.88. The van der Waals surface area contributed by atoms with Gasteiger partial charge in [0.25, 0.3) is 5.91 Å². The van der Waals surface area contributed by atoms with E-state index >= 15 is 0 Å². The Morgan fingerprint density at radius 2 is 1.72 bits per heavy atom. The number of rotatable bonds is 10. The Morgan fingerprint density at radius 3 is 2.31 bits per heavy atom. The van der Waals surface area contributed by atoms with Crippen LogP contribution in [0.15, 0.2) is 42.5 Å². The Morgan fingerprint density at radius 1 is 1.05 bits per heavy atom. The molecule has 0 radical (unpaired) electrons. The van der Waals surface area contributed by atoms with Gasteiger partial charge in [-0.05, 0) is 70.7 Å². The van der Waals surface area contributed by atoms with Crippen molar-refractivity contribution in [3.8, 4) is 6.07 Å². The number of anilines is 1. The van der Waals surface area contributed by atoms with Gasteiger partial charge in [0.1, 0.15) is 24.2 Å². The molecule has 0 spiro atoms. The molecule has 0 aliphatic rings. The summed E-state index contributed by atoms with van der Waals surface area (Å²) in [6.45, 7) is 10.0. The maximum Gasteiger partial charge on any atom is 0.408 e. The average Bonchev–Trinajstić information content (AvgIpc) is 2.83. The molecule has 0 aliphatic carbocycles. The first kappa shape index (κ1) is 30.8. The van der Waals surface area contributed by atoms with Crippen LogP contribution in [-0.2, 0) is 19.1 Å². The molecule has 0 heterocycles. The van der Waals surface area contributed by atoms with Crippen molar-refractivity contribution in [3.05, 3.63) is 64.7 Å². The van der Waals surface area contributed by atoms with Crippen molar-refractivity contribution < 1.29 is 23.9 Å². The Bertz CT molecular complexity index is 1260. The monoisotopic (exact) mass is 535 g/mol. The zero-order chi connectivity index (χ0) is 29.3. The molecule has 10 heteroatoms. The van der Waals surface area contributed by atoms with E-state index in [1.54, 1.807) is 45.9 Å². The van der Waals surface area contributed by atoms with Crippen molar-refractivity contribution in [1.82, 2.24) is 10.2 Å². The Balaban J connectivity index is 2.58. The van der Waals surface area contributed by atoms with E-state index in [-0.39, 0.29) is 12.8 Å². The molecule has 0 bridgehead atoms. The first-order valence-corrected chi connectivity index (χ1v) is 12.6. The molecule has 0 aliphatic heterocycles. The standard InChI is InChI=1S/C29H37N5O5/c1-18-11-12-19(2)21(17-18)25(26(36)32-22-10-8-7-9-20(22)3)34(16-15-30)27(37)23(13-14-24(31)35)33-28(38)39-29(4,5)6/h7-12,17,23,25H,13-14,16H2,1-6H3,(H2,31,35)(H,32,36)(H,33,38). The van der Waals surface area contributed by atoms with E-state index in [0.29, 0.717) is 11.3 Å². The maximum atomic E-state index is 14.0. The van der Waals surface area contributed by atoms with Crippen molar-refractivity contribution in [3.63, 3.8) is 0 Å². The van der Waals surface area contributed by atoms with Gasteiger partial charge in [-0.3, -0.25) is 14.4 Å². The highest BCUT2D eigenvalue weighted by atomic mass is 16.6. The second kappa shape index (κ2) is 13.4. The van der Waals surface area contributed by atoms with Crippen LogP contribution < -0.4 is 16.4 Å². The Labute approximate surface area is 229 Å². The van der Waals surface area contributed by atoms with Crippen LogP contribution in [0.4, 0.5) is 10.5 Å². The molecule has 2 unspecified atom stereocenters. The summed E-state index contributed by atoms with van der Waals surface area (Å²) < 4.78 is 5.30. The molecule has 0 aromatic heterocycles. The number of primary amides is 1. The number of nitriles is 1. The van der Waals surface area contributed by atoms with Gasteiger partial charge in [-0.15, -0.1) is 0 Å². The summed E-state index contributed by atoms with van der Waals surface area (Å²) in [5.74, 6) is -1.93. The average molecular weight is 536 g/mol. The van der Waals surface area contributed by atoms with E-state index in [0.717, 1.165) is 21.6 Å². The van der Waals surface area contributed by atoms with Gasteiger partial charge in [0, 0.05) is 12.1 Å². The fourth-order valence-electron chi connectivity index (χ4n) is 3.99. The predicted molar refractivity (Wildman–Crippen MR) is 147 cm³/mol. The van der Waals surface area contributed by atoms with Gasteiger partial charge in [0.05, 0.1) is 6.07 Å². The number of carbonyl (C=O) groups is 4. The highest BCUT2D eigenvalue weighted by Crippen LogP contribution is 2.29. The van der Waals surface area contributed by atoms with Crippen LogP contribution in [-0.4, -0.2) is 46.9 Å². The molecule has 2 rings (SSSR count). The van der Waals surface area contributed by atoms with Gasteiger partial charge in [-0.2, -0.15) is 5.26 Å². The van der Waals surface area contributed by atoms with Gasteiger partial charge >= 0.3 is 6.09 Å². The molecule has 10 nitrogen and oxygen atoms in total. The summed E-state index contributed by atoms with van der Waals surface area (Å²) in [6, 6.07) is 12.2. The molecule has 4 N–H and O–H groups in total. The van der Waals surface area contributed by atoms with Crippen LogP contribution in [0.5, 0.6) is 0 Å². The summed E-state index contributed by atoms with van der Waals surface area (Å²) in [4.78, 5) is 53.1. The number of aryl methyl sites for hydroxylation is 3. The van der Waals surface area contributed by atoms with E-state index < -0.39 is 48.0 Å². The number of carbonyl (C=O) groups excluding carboxylic acids is 4. The molecule has 0 fully saturated rings. The van der Waals surface area contributed by atoms with Crippen LogP contribution in [0.25, 0.3) is 0 Å². The molecule has 39 heavy (non-hydrogen) atoms. The summed E-state index contributed by atoms with van der Waals surface area (Å²) in [5.41, 5.74) is 7.95. The van der Waals surface area contributed by atoms with Gasteiger partial charge < -0.3 is 26.0 Å². The minimum Gasteiger partial charge on any atom is -0.444 e. The van der Waals surface area contributed by atoms with Crippen molar-refractivity contribution in [2.24, 2.45) is 5.73 Å². The molecule has 0 saturated carbocycles. The second-order valence-corrected chi connectivity index (χ2v) is 10.4. The molecule has 208 valence electrons. The van der Waals surface area contributed by atoms with Crippen LogP contribution in [0, 0.1) is 32.1 Å². The summed E-state index contributed by atoms with van der Waals surface area (Å²) in [6.07, 6.45) is -1.24. The minimum atomic E-state index is -1.28. The number of alkyl carbamates (subject to hydrolysis) is 1. The zero-order valence-electron chi connectivity index (χ0n) is 23.3. The molecule has 0 saturated heterocycles. The number of nitrogens with one attached hydrogen (secondary N) is 2. The summed E-state index contributed by atoms with van der Waals surface area (Å²) in [5, 5.41) is 15.1. The van der Waals surface area contributed by atoms with Crippen molar-refractivity contribution in [2.75, 3.05) is 11.9 Å². The number of nitrogens with zero attached hydrogens (tertiary/aromatic N) is 2. The molecular formula is C29H37N5O5. The SMILES string of the molecule is Cc1ccc(C)c(C(C(=O)Nc2ccccc2C)N(CC#N)C(=O)C(CCC(N)=O)NC(=O)OC(C)(C)C)c1. The zero-order valence-corrected chi connectivity index (χ0v) is 23.3. The maximum absolute atomic E-state index is 14.0. The number of hydrogen-bond donors (Lipinski definition) is 3. The fourth-order valence-corrected chi connectivity index (χ4v) is 3.99. The largest absolute Gasteiger partial charge is 0.444 e. The summed E-state index contributed by atoms with van der Waals surface area (Å²) >= 11 is 0. The van der Waals surface area contributed by atoms with E-state index in [1.807, 2.05) is 44.2 Å². The van der Waals surface area contributed by atoms with Crippen LogP contribution in [0.3, 0.4) is 0 Å². The number of amides is 4. The van der Waals surface area contributed by atoms with Crippen LogP contribution >= 0.6 is 0 Å². The molecule has 2 atom stereocenters. The quantitative estimate of drug-likeness (QED) is 0.393. The lowest BCUT2D eigenvalue weighted by Gasteiger charge is -2.33. The second-order valence-electron chi connectivity index (χ2n) is 10.4. The lowest BCUT2D eigenvalue weighted by molar-refractivity contribution is -0.140. The lowest BCUT2D eigenvalue weighted by atomic mass is 9.95. The smallest absolute Gasteiger partial charge is 0.408 e. The van der Waals surface area contributed by atoms with E-state index in [4.69, 9.17) is 10.5 Å². The topological polar surface area (TPSA) is 155 Å². The van der Waals surface area contributed by atoms with E-state index in [9.17, 15) is 24.4 Å². The van der Waals surface area contributed by atoms with E-state index in [2.05, 4.69) is 10.6 Å². The number of para-hydroxylation sites is 1.